The zero-order chi connectivity index (χ0) is 25.5. The number of methoxy groups -OCH3 is 1. The third kappa shape index (κ3) is 4.20. The molecule has 3 aromatic rings. The number of anilines is 1. The van der Waals surface area contributed by atoms with Crippen molar-refractivity contribution in [3.63, 3.8) is 0 Å². The van der Waals surface area contributed by atoms with Crippen LogP contribution in [0.5, 0.6) is 0 Å². The summed E-state index contributed by atoms with van der Waals surface area (Å²) in [6.45, 7) is 1.84. The number of benzene rings is 1. The highest BCUT2D eigenvalue weighted by Crippen LogP contribution is 2.36. The van der Waals surface area contributed by atoms with Crippen LogP contribution in [0, 0.1) is 5.82 Å². The molecule has 1 aromatic carbocycles. The van der Waals surface area contributed by atoms with Crippen LogP contribution in [0.4, 0.5) is 23.7 Å². The van der Waals surface area contributed by atoms with Gasteiger partial charge in [0, 0.05) is 50.0 Å². The van der Waals surface area contributed by atoms with E-state index in [1.807, 2.05) is 0 Å². The molecule has 1 aliphatic rings. The van der Waals surface area contributed by atoms with Gasteiger partial charge in [0.2, 0.25) is 0 Å². The maximum atomic E-state index is 14.7. The molecule has 1 amide bonds. The number of nitrogens with zero attached hydrogens (tertiary/aromatic N) is 3. The summed E-state index contributed by atoms with van der Waals surface area (Å²) in [7, 11) is 2.98. The number of aromatic nitrogens is 2. The van der Waals surface area contributed by atoms with Gasteiger partial charge in [-0.05, 0) is 19.1 Å². The van der Waals surface area contributed by atoms with E-state index >= 15 is 0 Å². The highest BCUT2D eigenvalue weighted by molar-refractivity contribution is 5.89. The van der Waals surface area contributed by atoms with Gasteiger partial charge in [0.25, 0.3) is 12.0 Å². The number of alkyl halides is 2. The van der Waals surface area contributed by atoms with Gasteiger partial charge in [0.15, 0.2) is 0 Å². The first-order chi connectivity index (χ1) is 16.6. The number of nitrogens with one attached hydrogen (secondary N) is 1. The monoisotopic (exact) mass is 490 g/mol. The normalized spacial score (nSPS) is 18.9. The zero-order valence-corrected chi connectivity index (χ0v) is 19.4. The third-order valence-electron chi connectivity index (χ3n) is 6.63. The van der Waals surface area contributed by atoms with Gasteiger partial charge in [-0.3, -0.25) is 9.36 Å². The number of rotatable bonds is 6. The Kier molecular flexibility index (Phi) is 6.46. The molecule has 2 atom stereocenters. The van der Waals surface area contributed by atoms with Crippen LogP contribution in [0.2, 0.25) is 0 Å². The molecule has 186 valence electrons. The second kappa shape index (κ2) is 9.21. The van der Waals surface area contributed by atoms with Crippen LogP contribution >= 0.6 is 0 Å². The first-order valence-corrected chi connectivity index (χ1v) is 10.9. The molecule has 0 aliphatic carbocycles. The van der Waals surface area contributed by atoms with Crippen molar-refractivity contribution in [1.82, 2.24) is 14.5 Å². The predicted molar refractivity (Wildman–Crippen MR) is 123 cm³/mol. The molecule has 8 nitrogen and oxygen atoms in total. The Labute approximate surface area is 199 Å². The lowest BCUT2D eigenvalue weighted by Crippen LogP contribution is -2.40. The molecule has 4 rings (SSSR count). The molecule has 0 saturated carbocycles. The van der Waals surface area contributed by atoms with Gasteiger partial charge in [-0.25, -0.2) is 22.9 Å². The zero-order valence-electron chi connectivity index (χ0n) is 19.4. The number of hydrogen-bond acceptors (Lipinski definition) is 5. The quantitative estimate of drug-likeness (QED) is 0.532. The van der Waals surface area contributed by atoms with Crippen LogP contribution in [0.25, 0.3) is 11.0 Å². The van der Waals surface area contributed by atoms with Crippen molar-refractivity contribution in [3.05, 3.63) is 69.4 Å². The SMILES string of the molecule is COC1(c2cc3c(N[C@H](C)c4cccc(C(F)F)c4F)ccnc3n(C)c2=O)CCN(C(=O)O)C1. The van der Waals surface area contributed by atoms with E-state index in [2.05, 4.69) is 10.3 Å². The van der Waals surface area contributed by atoms with E-state index in [0.29, 0.717) is 23.1 Å². The Hall–Kier alpha value is -3.60. The maximum absolute atomic E-state index is 14.7. The lowest BCUT2D eigenvalue weighted by Gasteiger charge is -2.28. The molecule has 1 fully saturated rings. The van der Waals surface area contributed by atoms with Crippen molar-refractivity contribution in [2.45, 2.75) is 31.4 Å². The van der Waals surface area contributed by atoms with E-state index < -0.39 is 35.5 Å². The van der Waals surface area contributed by atoms with Gasteiger partial charge in [-0.1, -0.05) is 18.2 Å². The Bertz CT molecular complexity index is 1350. The van der Waals surface area contributed by atoms with Gasteiger partial charge < -0.3 is 20.1 Å². The highest BCUT2D eigenvalue weighted by atomic mass is 19.3. The maximum Gasteiger partial charge on any atom is 0.407 e. The molecule has 1 aliphatic heterocycles. The van der Waals surface area contributed by atoms with Crippen LogP contribution in [-0.4, -0.2) is 45.9 Å². The average molecular weight is 490 g/mol. The van der Waals surface area contributed by atoms with Crippen molar-refractivity contribution < 1.29 is 27.8 Å². The van der Waals surface area contributed by atoms with Crippen molar-refractivity contribution >= 4 is 22.8 Å². The summed E-state index contributed by atoms with van der Waals surface area (Å²) >= 11 is 0. The van der Waals surface area contributed by atoms with E-state index in [1.165, 1.54) is 34.9 Å². The fraction of sp³-hybridized carbons (Fsp3) is 0.375. The highest BCUT2D eigenvalue weighted by Gasteiger charge is 2.44. The Balaban J connectivity index is 1.80. The number of likely N-dealkylation sites (tertiary alicyclic amines) is 1. The summed E-state index contributed by atoms with van der Waals surface area (Å²) in [5.41, 5.74) is -1.01. The van der Waals surface area contributed by atoms with Gasteiger partial charge in [-0.15, -0.1) is 0 Å². The molecular weight excluding hydrogens is 465 g/mol. The second-order valence-corrected chi connectivity index (χ2v) is 8.59. The molecule has 0 radical (unpaired) electrons. The smallest absolute Gasteiger partial charge is 0.407 e. The first-order valence-electron chi connectivity index (χ1n) is 10.9. The van der Waals surface area contributed by atoms with Crippen molar-refractivity contribution in [2.24, 2.45) is 7.05 Å². The Morgan fingerprint density at radius 1 is 1.29 bits per heavy atom. The van der Waals surface area contributed by atoms with Crippen LogP contribution < -0.4 is 10.9 Å². The van der Waals surface area contributed by atoms with E-state index in [9.17, 15) is 27.9 Å². The van der Waals surface area contributed by atoms with Crippen LogP contribution in [0.15, 0.2) is 41.3 Å². The number of halogens is 3. The number of fused-ring (bicyclic) bond motifs is 1. The average Bonchev–Trinajstić information content (AvgIpc) is 3.27. The standard InChI is InChI=1S/C24H25F3N4O4/c1-13(14-5-4-6-15(19(14)25)20(26)27)29-18-7-9-28-21-16(18)11-17(22(32)30(21)2)24(35-3)8-10-31(12-24)23(33)34/h4-7,9,11,13,20H,8,10,12H2,1-3H3,(H,28,29)(H,33,34)/t13-,24?/m1/s1. The van der Waals surface area contributed by atoms with Crippen molar-refractivity contribution in [3.8, 4) is 0 Å². The fourth-order valence-electron chi connectivity index (χ4n) is 4.63. The third-order valence-corrected chi connectivity index (χ3v) is 6.63. The summed E-state index contributed by atoms with van der Waals surface area (Å²) in [5, 5.41) is 13.1. The number of amides is 1. The lowest BCUT2D eigenvalue weighted by molar-refractivity contribution is -0.00608. The topological polar surface area (TPSA) is 96.7 Å². The largest absolute Gasteiger partial charge is 0.465 e. The summed E-state index contributed by atoms with van der Waals surface area (Å²) < 4.78 is 48.1. The van der Waals surface area contributed by atoms with Gasteiger partial charge in [0.05, 0.1) is 23.7 Å². The van der Waals surface area contributed by atoms with Gasteiger partial charge in [0.1, 0.15) is 17.1 Å². The number of ether oxygens (including phenoxy) is 1. The second-order valence-electron chi connectivity index (χ2n) is 8.59. The van der Waals surface area contributed by atoms with Crippen molar-refractivity contribution in [1.29, 1.82) is 0 Å². The summed E-state index contributed by atoms with van der Waals surface area (Å²) in [4.78, 5) is 30.2. The van der Waals surface area contributed by atoms with E-state index in [0.717, 1.165) is 6.07 Å². The first kappa shape index (κ1) is 24.5. The molecule has 1 unspecified atom stereocenters. The minimum atomic E-state index is -2.94. The van der Waals surface area contributed by atoms with Gasteiger partial charge >= 0.3 is 6.09 Å². The number of hydrogen-bond donors (Lipinski definition) is 2. The lowest BCUT2D eigenvalue weighted by atomic mass is 9.92. The van der Waals surface area contributed by atoms with Crippen LogP contribution in [0.3, 0.4) is 0 Å². The van der Waals surface area contributed by atoms with Crippen LogP contribution in [0.1, 0.15) is 42.5 Å². The molecule has 1 saturated heterocycles. The minimum Gasteiger partial charge on any atom is -0.465 e. The number of pyridine rings is 2. The van der Waals surface area contributed by atoms with E-state index in [1.54, 1.807) is 26.1 Å². The summed E-state index contributed by atoms with van der Waals surface area (Å²) in [6, 6.07) is 6.42. The number of aryl methyl sites for hydroxylation is 1. The molecule has 3 heterocycles. The summed E-state index contributed by atoms with van der Waals surface area (Å²) in [6.07, 6.45) is -2.27. The molecular formula is C24H25F3N4O4. The minimum absolute atomic E-state index is 0.00929. The van der Waals surface area contributed by atoms with E-state index in [-0.39, 0.29) is 29.8 Å². The van der Waals surface area contributed by atoms with Crippen LogP contribution in [-0.2, 0) is 17.4 Å². The number of carbonyl (C=O) groups is 1. The summed E-state index contributed by atoms with van der Waals surface area (Å²) in [5.74, 6) is -0.980. The molecule has 0 bridgehead atoms. The molecule has 2 aromatic heterocycles. The van der Waals surface area contributed by atoms with Gasteiger partial charge in [-0.2, -0.15) is 0 Å². The molecule has 11 heteroatoms. The Morgan fingerprint density at radius 2 is 2.00 bits per heavy atom. The van der Waals surface area contributed by atoms with E-state index in [4.69, 9.17) is 4.74 Å². The number of carboxylic acid groups (broad SMARTS) is 1. The Morgan fingerprint density at radius 3 is 2.63 bits per heavy atom. The molecule has 0 spiro atoms. The molecule has 2 N–H and O–H groups in total. The predicted octanol–water partition coefficient (Wildman–Crippen LogP) is 4.41. The molecule has 35 heavy (non-hydrogen) atoms. The van der Waals surface area contributed by atoms with Crippen molar-refractivity contribution in [2.75, 3.05) is 25.5 Å². The fourth-order valence-corrected chi connectivity index (χ4v) is 4.63.